The highest BCUT2D eigenvalue weighted by atomic mass is 31.2. The molecule has 1 aliphatic heterocycles. The lowest BCUT2D eigenvalue weighted by Crippen LogP contribution is -2.40. The van der Waals surface area contributed by atoms with Crippen LogP contribution in [0.3, 0.4) is 0 Å². The summed E-state index contributed by atoms with van der Waals surface area (Å²) in [4.78, 5) is 13.4. The Morgan fingerprint density at radius 2 is 1.93 bits per heavy atom. The van der Waals surface area contributed by atoms with E-state index in [1.165, 1.54) is 6.66 Å². The summed E-state index contributed by atoms with van der Waals surface area (Å²) in [6, 6.07) is 0. The van der Waals surface area contributed by atoms with Crippen LogP contribution in [0, 0.1) is 0 Å². The molecule has 0 bridgehead atoms. The van der Waals surface area contributed by atoms with Crippen LogP contribution in [-0.4, -0.2) is 49.6 Å². The van der Waals surface area contributed by atoms with Gasteiger partial charge < -0.3 is 14.2 Å². The predicted octanol–water partition coefficient (Wildman–Crippen LogP) is 1.77. The molecule has 1 heterocycles. The van der Waals surface area contributed by atoms with Crippen LogP contribution in [0.15, 0.2) is 0 Å². The molecule has 1 fully saturated rings. The molecule has 1 unspecified atom stereocenters. The monoisotopic (exact) mass is 235 g/mol. The summed E-state index contributed by atoms with van der Waals surface area (Å²) in [6.45, 7) is 6.92. The summed E-state index contributed by atoms with van der Waals surface area (Å²) in [5, 5.41) is 0. The molecule has 6 heteroatoms. The third kappa shape index (κ3) is 3.59. The molecule has 0 aromatic rings. The van der Waals surface area contributed by atoms with Gasteiger partial charge in [0.25, 0.3) is 7.37 Å². The normalized spacial score (nSPS) is 21.5. The Balaban J connectivity index is 2.61. The van der Waals surface area contributed by atoms with E-state index in [-0.39, 0.29) is 11.8 Å². The molecule has 88 valence electrons. The molecule has 1 amide bonds. The number of carbonyl (C=O) groups excluding carboxylic acids is 1. The van der Waals surface area contributed by atoms with Crippen LogP contribution in [-0.2, 0) is 13.8 Å². The lowest BCUT2D eigenvalue weighted by molar-refractivity contribution is 0.0577. The Morgan fingerprint density at radius 3 is 2.40 bits per heavy atom. The van der Waals surface area contributed by atoms with Gasteiger partial charge in [-0.05, 0) is 13.8 Å². The average Bonchev–Trinajstić information content (AvgIpc) is 2.16. The molecule has 15 heavy (non-hydrogen) atoms. The number of morpholine rings is 1. The quantitative estimate of drug-likeness (QED) is 0.699. The van der Waals surface area contributed by atoms with E-state index in [1.54, 1.807) is 18.7 Å². The first kappa shape index (κ1) is 12.7. The lowest BCUT2D eigenvalue weighted by Gasteiger charge is -2.29. The van der Waals surface area contributed by atoms with Crippen molar-refractivity contribution in [1.29, 1.82) is 0 Å². The maximum absolute atomic E-state index is 12.0. The fourth-order valence-corrected chi connectivity index (χ4v) is 3.07. The minimum absolute atomic E-state index is 0.203. The molecule has 0 spiro atoms. The van der Waals surface area contributed by atoms with Crippen molar-refractivity contribution < 1.29 is 18.6 Å². The van der Waals surface area contributed by atoms with E-state index in [2.05, 4.69) is 0 Å². The number of hydrogen-bond donors (Lipinski definition) is 0. The number of amides is 1. The van der Waals surface area contributed by atoms with Gasteiger partial charge in [-0.15, -0.1) is 0 Å². The summed E-state index contributed by atoms with van der Waals surface area (Å²) in [6.07, 6.45) is -0.203. The van der Waals surface area contributed by atoms with E-state index in [9.17, 15) is 9.36 Å². The number of ether oxygens (including phenoxy) is 1. The molecule has 0 radical (unpaired) electrons. The smallest absolute Gasteiger partial charge is 0.308 e. The van der Waals surface area contributed by atoms with Crippen molar-refractivity contribution in [3.8, 4) is 0 Å². The molecule has 0 saturated carbocycles. The minimum atomic E-state index is -3.18. The van der Waals surface area contributed by atoms with Crippen molar-refractivity contribution in [2.45, 2.75) is 20.0 Å². The molecule has 0 N–H and O–H groups in total. The highest BCUT2D eigenvalue weighted by Gasteiger charge is 2.33. The Morgan fingerprint density at radius 1 is 1.40 bits per heavy atom. The second kappa shape index (κ2) is 5.10. The highest BCUT2D eigenvalue weighted by molar-refractivity contribution is 7.75. The van der Waals surface area contributed by atoms with Gasteiger partial charge in [0.15, 0.2) is 0 Å². The summed E-state index contributed by atoms with van der Waals surface area (Å²) < 4.78 is 22.3. The first-order valence-electron chi connectivity index (χ1n) is 5.06. The van der Waals surface area contributed by atoms with Gasteiger partial charge >= 0.3 is 5.65 Å². The van der Waals surface area contributed by atoms with Crippen LogP contribution < -0.4 is 0 Å². The lowest BCUT2D eigenvalue weighted by atomic mass is 10.5. The summed E-state index contributed by atoms with van der Waals surface area (Å²) >= 11 is 0. The zero-order valence-corrected chi connectivity index (χ0v) is 10.3. The van der Waals surface area contributed by atoms with E-state index in [0.29, 0.717) is 26.3 Å². The van der Waals surface area contributed by atoms with Gasteiger partial charge in [0, 0.05) is 19.8 Å². The van der Waals surface area contributed by atoms with Gasteiger partial charge in [0.05, 0.1) is 19.3 Å². The molecule has 0 aromatic heterocycles. The number of hydrogen-bond acceptors (Lipinski definition) is 4. The zero-order chi connectivity index (χ0) is 11.5. The number of nitrogens with zero attached hydrogens (tertiary/aromatic N) is 1. The maximum atomic E-state index is 12.0. The van der Waals surface area contributed by atoms with Crippen LogP contribution in [0.1, 0.15) is 13.8 Å². The fraction of sp³-hybridized carbons (Fsp3) is 0.889. The van der Waals surface area contributed by atoms with Crippen molar-refractivity contribution in [1.82, 2.24) is 4.90 Å². The van der Waals surface area contributed by atoms with E-state index in [0.717, 1.165) is 0 Å². The van der Waals surface area contributed by atoms with Gasteiger partial charge in [-0.2, -0.15) is 0 Å². The van der Waals surface area contributed by atoms with E-state index < -0.39 is 7.37 Å². The highest BCUT2D eigenvalue weighted by Crippen LogP contribution is 2.46. The van der Waals surface area contributed by atoms with Crippen molar-refractivity contribution >= 4 is 13.0 Å². The van der Waals surface area contributed by atoms with E-state index >= 15 is 0 Å². The minimum Gasteiger partial charge on any atom is -0.378 e. The first-order valence-corrected chi connectivity index (χ1v) is 7.14. The number of carbonyl (C=O) groups is 1. The zero-order valence-electron chi connectivity index (χ0n) is 9.43. The van der Waals surface area contributed by atoms with Crippen molar-refractivity contribution in [2.24, 2.45) is 0 Å². The van der Waals surface area contributed by atoms with Crippen LogP contribution >= 0.6 is 7.37 Å². The SMILES string of the molecule is CC(C)OP(C)(=O)C(=O)N1CCOCC1. The number of rotatable bonds is 3. The molecular formula is C9H18NO4P. The van der Waals surface area contributed by atoms with Gasteiger partial charge in [-0.25, -0.2) is 0 Å². The second-order valence-electron chi connectivity index (χ2n) is 3.88. The molecule has 1 atom stereocenters. The van der Waals surface area contributed by atoms with Crippen LogP contribution in [0.5, 0.6) is 0 Å². The van der Waals surface area contributed by atoms with Gasteiger partial charge in [0.1, 0.15) is 0 Å². The fourth-order valence-electron chi connectivity index (χ4n) is 1.46. The Kier molecular flexibility index (Phi) is 4.32. The molecule has 5 nitrogen and oxygen atoms in total. The maximum Gasteiger partial charge on any atom is 0.308 e. The summed E-state index contributed by atoms with van der Waals surface area (Å²) in [5.74, 6) is 0. The van der Waals surface area contributed by atoms with E-state index in [1.807, 2.05) is 0 Å². The standard InChI is InChI=1S/C9H18NO4P/c1-8(2)14-15(3,12)9(11)10-4-6-13-7-5-10/h8H,4-7H2,1-3H3. The van der Waals surface area contributed by atoms with Crippen molar-refractivity contribution in [3.05, 3.63) is 0 Å². The van der Waals surface area contributed by atoms with Crippen molar-refractivity contribution in [2.75, 3.05) is 33.0 Å². The predicted molar refractivity (Wildman–Crippen MR) is 57.5 cm³/mol. The van der Waals surface area contributed by atoms with Gasteiger partial charge in [-0.1, -0.05) is 0 Å². The Labute approximate surface area is 90.2 Å². The van der Waals surface area contributed by atoms with Crippen LogP contribution in [0.2, 0.25) is 0 Å². The molecular weight excluding hydrogens is 217 g/mol. The Bertz CT molecular complexity index is 273. The van der Waals surface area contributed by atoms with Gasteiger partial charge in [0.2, 0.25) is 0 Å². The van der Waals surface area contributed by atoms with E-state index in [4.69, 9.17) is 9.26 Å². The van der Waals surface area contributed by atoms with Crippen LogP contribution in [0.25, 0.3) is 0 Å². The van der Waals surface area contributed by atoms with Gasteiger partial charge in [-0.3, -0.25) is 9.36 Å². The topological polar surface area (TPSA) is 55.8 Å². The molecule has 1 aliphatic rings. The second-order valence-corrected chi connectivity index (χ2v) is 6.17. The molecule has 0 aliphatic carbocycles. The molecule has 1 rings (SSSR count). The Hall–Kier alpha value is -0.380. The third-order valence-corrected chi connectivity index (χ3v) is 3.84. The molecule has 0 aromatic carbocycles. The van der Waals surface area contributed by atoms with Crippen molar-refractivity contribution in [3.63, 3.8) is 0 Å². The third-order valence-electron chi connectivity index (χ3n) is 2.04. The largest absolute Gasteiger partial charge is 0.378 e. The molecule has 1 saturated heterocycles. The summed E-state index contributed by atoms with van der Waals surface area (Å²) in [5.41, 5.74) is -0.389. The first-order chi connectivity index (χ1) is 6.93. The summed E-state index contributed by atoms with van der Waals surface area (Å²) in [7, 11) is -3.18. The van der Waals surface area contributed by atoms with Crippen LogP contribution in [0.4, 0.5) is 4.79 Å². The average molecular weight is 235 g/mol.